The fraction of sp³-hybridized carbons (Fsp3) is 0.444. The summed E-state index contributed by atoms with van der Waals surface area (Å²) in [5, 5.41) is 3.60. The van der Waals surface area contributed by atoms with Gasteiger partial charge in [-0.1, -0.05) is 5.16 Å². The molecule has 1 aliphatic carbocycles. The summed E-state index contributed by atoms with van der Waals surface area (Å²) in [5.74, 6) is -1.38. The predicted molar refractivity (Wildman–Crippen MR) is 106 cm³/mol. The number of likely N-dealkylation sites (tertiary alicyclic amines) is 1. The van der Waals surface area contributed by atoms with Gasteiger partial charge in [-0.2, -0.15) is 13.2 Å². The van der Waals surface area contributed by atoms with Crippen molar-refractivity contribution in [1.29, 1.82) is 0 Å². The first-order valence-electron chi connectivity index (χ1n) is 8.82. The van der Waals surface area contributed by atoms with Gasteiger partial charge in [0, 0.05) is 30.8 Å². The zero-order valence-electron chi connectivity index (χ0n) is 15.6. The summed E-state index contributed by atoms with van der Waals surface area (Å²) >= 11 is 1.96. The van der Waals surface area contributed by atoms with Crippen molar-refractivity contribution in [3.8, 4) is 5.75 Å². The van der Waals surface area contributed by atoms with Crippen molar-refractivity contribution in [3.63, 3.8) is 0 Å². The van der Waals surface area contributed by atoms with Crippen molar-refractivity contribution in [2.45, 2.75) is 22.9 Å². The Hall–Kier alpha value is -1.83. The average Bonchev–Trinajstić information content (AvgIpc) is 3.03. The quantitative estimate of drug-likeness (QED) is 0.415. The minimum Gasteiger partial charge on any atom is -0.483 e. The summed E-state index contributed by atoms with van der Waals surface area (Å²) in [7, 11) is -3.54. The fourth-order valence-electron chi connectivity index (χ4n) is 3.94. The van der Waals surface area contributed by atoms with Crippen molar-refractivity contribution < 1.29 is 35.6 Å². The second kappa shape index (κ2) is 7.11. The summed E-state index contributed by atoms with van der Waals surface area (Å²) < 4.78 is 72.5. The van der Waals surface area contributed by atoms with Crippen LogP contribution in [-0.2, 0) is 21.4 Å². The molecular formula is C18H16F3IN2O5S. The lowest BCUT2D eigenvalue weighted by atomic mass is 10.0. The topological polar surface area (TPSA) is 89.7 Å². The molecule has 2 aromatic rings. The van der Waals surface area contributed by atoms with Crippen LogP contribution in [0, 0.1) is 5.92 Å². The molecule has 1 saturated heterocycles. The number of alkyl halides is 4. The van der Waals surface area contributed by atoms with Gasteiger partial charge in [0.1, 0.15) is 10.4 Å². The van der Waals surface area contributed by atoms with Crippen molar-refractivity contribution in [1.82, 2.24) is 10.1 Å². The van der Waals surface area contributed by atoms with Crippen LogP contribution >= 0.6 is 22.6 Å². The van der Waals surface area contributed by atoms with Gasteiger partial charge in [0.2, 0.25) is 5.76 Å². The zero-order chi connectivity index (χ0) is 21.9. The van der Waals surface area contributed by atoms with Crippen molar-refractivity contribution in [2.24, 2.45) is 5.92 Å². The van der Waals surface area contributed by atoms with Crippen LogP contribution in [0.1, 0.15) is 28.2 Å². The lowest BCUT2D eigenvalue weighted by Gasteiger charge is -2.22. The Balaban J connectivity index is 1.61. The molecular weight excluding hydrogens is 540 g/mol. The molecule has 0 N–H and O–H groups in total. The van der Waals surface area contributed by atoms with Gasteiger partial charge in [-0.3, -0.25) is 4.79 Å². The van der Waals surface area contributed by atoms with E-state index in [1.54, 1.807) is 0 Å². The Labute approximate surface area is 183 Å². The van der Waals surface area contributed by atoms with E-state index in [4.69, 9.17) is 4.74 Å². The standard InChI is InChI=1S/C18H16F3IN2O5S/c1-30(26,27)11-2-3-13(28-9-22)12(4-11)16(25)24-7-10-6-17(10,8-24)14-5-15(29-23-14)18(19,20)21/h2-5,10H,6-9H2,1H3/t10-,17-/m0/s1. The molecule has 0 bridgehead atoms. The molecule has 12 heteroatoms. The van der Waals surface area contributed by atoms with Gasteiger partial charge in [0.15, 0.2) is 9.84 Å². The molecule has 0 spiro atoms. The van der Waals surface area contributed by atoms with Crippen LogP contribution < -0.4 is 4.74 Å². The number of halogens is 4. The van der Waals surface area contributed by atoms with Crippen LogP contribution in [0.2, 0.25) is 0 Å². The van der Waals surface area contributed by atoms with Crippen molar-refractivity contribution in [2.75, 3.05) is 24.0 Å². The van der Waals surface area contributed by atoms with Gasteiger partial charge in [-0.15, -0.1) is 0 Å². The third-order valence-corrected chi connectivity index (χ3v) is 6.97. The summed E-state index contributed by atoms with van der Waals surface area (Å²) in [5.41, 5.74) is -0.382. The Bertz CT molecular complexity index is 1120. The van der Waals surface area contributed by atoms with Crippen LogP contribution in [-0.4, -0.2) is 48.3 Å². The number of benzene rings is 1. The van der Waals surface area contributed by atoms with Crippen LogP contribution in [0.3, 0.4) is 0 Å². The van der Waals surface area contributed by atoms with E-state index in [1.807, 2.05) is 22.6 Å². The molecule has 2 heterocycles. The molecule has 0 radical (unpaired) electrons. The maximum atomic E-state index is 13.2. The summed E-state index contributed by atoms with van der Waals surface area (Å²) in [6.07, 6.45) is -2.97. The van der Waals surface area contributed by atoms with Gasteiger partial charge in [-0.05, 0) is 53.1 Å². The Morgan fingerprint density at radius 3 is 2.73 bits per heavy atom. The SMILES string of the molecule is CS(=O)(=O)c1ccc(OCI)c(C(=O)N2C[C@@H]3C[C@]3(c3cc(C(F)(F)F)on3)C2)c1. The zero-order valence-corrected chi connectivity index (χ0v) is 18.5. The summed E-state index contributed by atoms with van der Waals surface area (Å²) in [6.45, 7) is 0.507. The largest absolute Gasteiger partial charge is 0.483 e. The minimum atomic E-state index is -4.63. The number of amides is 1. The summed E-state index contributed by atoms with van der Waals surface area (Å²) in [6, 6.07) is 4.96. The number of hydrogen-bond acceptors (Lipinski definition) is 6. The molecule has 0 unspecified atom stereocenters. The molecule has 1 aromatic heterocycles. The normalized spacial score (nSPS) is 23.4. The van der Waals surface area contributed by atoms with Gasteiger partial charge in [0.25, 0.3) is 5.91 Å². The van der Waals surface area contributed by atoms with Crippen molar-refractivity contribution >= 4 is 38.3 Å². The molecule has 1 saturated carbocycles. The summed E-state index contributed by atoms with van der Waals surface area (Å²) in [4.78, 5) is 14.6. The number of hydrogen-bond donors (Lipinski definition) is 0. The second-order valence-corrected chi connectivity index (χ2v) is 10.1. The van der Waals surface area contributed by atoms with E-state index in [0.717, 1.165) is 12.3 Å². The number of carbonyl (C=O) groups is 1. The van der Waals surface area contributed by atoms with Crippen LogP contribution in [0.25, 0.3) is 0 Å². The van der Waals surface area contributed by atoms with E-state index in [9.17, 15) is 26.4 Å². The van der Waals surface area contributed by atoms with E-state index >= 15 is 0 Å². The number of rotatable bonds is 5. The fourth-order valence-corrected chi connectivity index (χ4v) is 4.92. The first-order chi connectivity index (χ1) is 14.0. The first-order valence-corrected chi connectivity index (χ1v) is 12.2. The Kier molecular flexibility index (Phi) is 5.07. The molecule has 2 fully saturated rings. The van der Waals surface area contributed by atoms with Gasteiger partial charge < -0.3 is 14.2 Å². The van der Waals surface area contributed by atoms with E-state index in [-0.39, 0.29) is 39.0 Å². The highest BCUT2D eigenvalue weighted by Crippen LogP contribution is 2.59. The van der Waals surface area contributed by atoms with E-state index in [1.165, 1.54) is 23.1 Å². The smallest absolute Gasteiger partial charge is 0.452 e. The number of fused-ring (bicyclic) bond motifs is 1. The Morgan fingerprint density at radius 2 is 2.13 bits per heavy atom. The molecule has 2 aliphatic rings. The Morgan fingerprint density at radius 1 is 1.40 bits per heavy atom. The molecule has 2 atom stereocenters. The number of piperidine rings is 1. The highest BCUT2D eigenvalue weighted by Gasteiger charge is 2.64. The van der Waals surface area contributed by atoms with E-state index < -0.39 is 33.1 Å². The molecule has 7 nitrogen and oxygen atoms in total. The number of ether oxygens (including phenoxy) is 1. The van der Waals surface area contributed by atoms with Gasteiger partial charge >= 0.3 is 6.18 Å². The van der Waals surface area contributed by atoms with E-state index in [2.05, 4.69) is 9.68 Å². The first kappa shape index (κ1) is 21.4. The highest BCUT2D eigenvalue weighted by molar-refractivity contribution is 14.1. The maximum Gasteiger partial charge on any atom is 0.452 e. The van der Waals surface area contributed by atoms with Crippen LogP contribution in [0.15, 0.2) is 33.7 Å². The number of carbonyl (C=O) groups excluding carboxylic acids is 1. The average molecular weight is 556 g/mol. The number of nitrogens with zero attached hydrogens (tertiary/aromatic N) is 2. The molecule has 1 aliphatic heterocycles. The lowest BCUT2D eigenvalue weighted by molar-refractivity contribution is -0.155. The molecule has 1 aromatic carbocycles. The second-order valence-electron chi connectivity index (χ2n) is 7.50. The van der Waals surface area contributed by atoms with Crippen LogP contribution in [0.5, 0.6) is 5.75 Å². The molecule has 4 rings (SSSR count). The molecule has 1 amide bonds. The van der Waals surface area contributed by atoms with Crippen LogP contribution in [0.4, 0.5) is 13.2 Å². The lowest BCUT2D eigenvalue weighted by Crippen LogP contribution is -2.33. The third-order valence-electron chi connectivity index (χ3n) is 5.55. The minimum absolute atomic E-state index is 0.0166. The maximum absolute atomic E-state index is 13.2. The molecule has 162 valence electrons. The predicted octanol–water partition coefficient (Wildman–Crippen LogP) is 3.28. The number of sulfone groups is 1. The molecule has 30 heavy (non-hydrogen) atoms. The highest BCUT2D eigenvalue weighted by atomic mass is 127. The van der Waals surface area contributed by atoms with Gasteiger partial charge in [-0.25, -0.2) is 8.42 Å². The third kappa shape index (κ3) is 3.67. The van der Waals surface area contributed by atoms with Crippen molar-refractivity contribution in [3.05, 3.63) is 41.3 Å². The number of aromatic nitrogens is 1. The monoisotopic (exact) mass is 556 g/mol. The van der Waals surface area contributed by atoms with Gasteiger partial charge in [0.05, 0.1) is 16.2 Å². The van der Waals surface area contributed by atoms with E-state index in [0.29, 0.717) is 13.0 Å².